The maximum atomic E-state index is 12.7. The third kappa shape index (κ3) is 2.60. The van der Waals surface area contributed by atoms with Crippen LogP contribution >= 0.6 is 15.9 Å². The Labute approximate surface area is 99.0 Å². The number of benzene rings is 1. The molecule has 1 aliphatic carbocycles. The normalized spacial score (nSPS) is 24.9. The predicted octanol–water partition coefficient (Wildman–Crippen LogP) is 4.18. The predicted molar refractivity (Wildman–Crippen MR) is 64.7 cm³/mol. The molecule has 0 amide bonds. The molecule has 0 aliphatic heterocycles. The zero-order chi connectivity index (χ0) is 11.1. The molecular weight excluding hydrogens is 255 g/mol. The first-order valence-electron chi connectivity index (χ1n) is 5.37. The summed E-state index contributed by atoms with van der Waals surface area (Å²) in [5.74, 6) is 0.610. The van der Waals surface area contributed by atoms with Gasteiger partial charge in [0.1, 0.15) is 5.82 Å². The van der Waals surface area contributed by atoms with Crippen LogP contribution in [0.15, 0.2) is 24.3 Å². The molecule has 0 radical (unpaired) electrons. The minimum Gasteiger partial charge on any atom is -0.207 e. The Morgan fingerprint density at radius 1 is 1.40 bits per heavy atom. The lowest BCUT2D eigenvalue weighted by Gasteiger charge is -2.11. The highest BCUT2D eigenvalue weighted by Crippen LogP contribution is 2.55. The third-order valence-electron chi connectivity index (χ3n) is 3.37. The Balaban J connectivity index is 1.95. The minimum atomic E-state index is -0.156. The summed E-state index contributed by atoms with van der Waals surface area (Å²) >= 11 is 3.74. The molecule has 2 atom stereocenters. The van der Waals surface area contributed by atoms with Gasteiger partial charge in [-0.15, -0.1) is 0 Å². The fourth-order valence-electron chi connectivity index (χ4n) is 2.11. The van der Waals surface area contributed by atoms with Gasteiger partial charge in [0.2, 0.25) is 0 Å². The van der Waals surface area contributed by atoms with Gasteiger partial charge in [-0.1, -0.05) is 41.9 Å². The van der Waals surface area contributed by atoms with E-state index < -0.39 is 0 Å². The number of halogens is 2. The Kier molecular flexibility index (Phi) is 2.89. The van der Waals surface area contributed by atoms with Crippen LogP contribution in [-0.2, 0) is 6.42 Å². The highest BCUT2D eigenvalue weighted by molar-refractivity contribution is 9.09. The first kappa shape index (κ1) is 11.1. The molecule has 1 aromatic carbocycles. The van der Waals surface area contributed by atoms with E-state index in [0.717, 1.165) is 12.3 Å². The molecule has 2 heteroatoms. The van der Waals surface area contributed by atoms with Gasteiger partial charge >= 0.3 is 0 Å². The Morgan fingerprint density at radius 2 is 1.93 bits per heavy atom. The van der Waals surface area contributed by atoms with E-state index in [9.17, 15) is 4.39 Å². The van der Waals surface area contributed by atoms with Gasteiger partial charge in [-0.3, -0.25) is 0 Å². The van der Waals surface area contributed by atoms with Crippen molar-refractivity contribution in [3.63, 3.8) is 0 Å². The van der Waals surface area contributed by atoms with Crippen LogP contribution in [-0.4, -0.2) is 4.83 Å². The van der Waals surface area contributed by atoms with Gasteiger partial charge in [0, 0.05) is 4.83 Å². The molecule has 82 valence electrons. The summed E-state index contributed by atoms with van der Waals surface area (Å²) in [7, 11) is 0. The molecule has 0 nitrogen and oxygen atoms in total. The van der Waals surface area contributed by atoms with E-state index in [4.69, 9.17) is 0 Å². The molecule has 2 unspecified atom stereocenters. The van der Waals surface area contributed by atoms with Crippen LogP contribution in [0.25, 0.3) is 0 Å². The van der Waals surface area contributed by atoms with Crippen molar-refractivity contribution in [2.75, 3.05) is 0 Å². The Bertz CT molecular complexity index is 342. The van der Waals surface area contributed by atoms with Gasteiger partial charge in [0.15, 0.2) is 0 Å². The monoisotopic (exact) mass is 270 g/mol. The zero-order valence-electron chi connectivity index (χ0n) is 9.13. The molecule has 1 saturated carbocycles. The van der Waals surface area contributed by atoms with Crippen molar-refractivity contribution in [1.29, 1.82) is 0 Å². The molecule has 2 rings (SSSR count). The molecule has 0 aromatic heterocycles. The lowest BCUT2D eigenvalue weighted by molar-refractivity contribution is 0.545. The smallest absolute Gasteiger partial charge is 0.123 e. The lowest BCUT2D eigenvalue weighted by atomic mass is 10.0. The summed E-state index contributed by atoms with van der Waals surface area (Å²) in [6.07, 6.45) is 2.29. The molecule has 0 saturated heterocycles. The summed E-state index contributed by atoms with van der Waals surface area (Å²) in [5.41, 5.74) is 1.70. The van der Waals surface area contributed by atoms with E-state index in [0.29, 0.717) is 10.2 Å². The standard InChI is InChI=1S/C13H16BrF/c1-13(2)8-11(13)12(14)7-9-3-5-10(15)6-4-9/h3-6,11-12H,7-8H2,1-2H3. The highest BCUT2D eigenvalue weighted by Gasteiger charge is 2.48. The second-order valence-electron chi connectivity index (χ2n) is 5.15. The van der Waals surface area contributed by atoms with Crippen molar-refractivity contribution in [3.8, 4) is 0 Å². The summed E-state index contributed by atoms with van der Waals surface area (Å²) in [4.78, 5) is 0.526. The van der Waals surface area contributed by atoms with E-state index in [2.05, 4.69) is 29.8 Å². The maximum absolute atomic E-state index is 12.7. The van der Waals surface area contributed by atoms with Crippen molar-refractivity contribution in [2.24, 2.45) is 11.3 Å². The van der Waals surface area contributed by atoms with Crippen LogP contribution in [0.5, 0.6) is 0 Å². The van der Waals surface area contributed by atoms with Gasteiger partial charge in [0.05, 0.1) is 0 Å². The minimum absolute atomic E-state index is 0.156. The van der Waals surface area contributed by atoms with Crippen molar-refractivity contribution < 1.29 is 4.39 Å². The topological polar surface area (TPSA) is 0 Å². The lowest BCUT2D eigenvalue weighted by Crippen LogP contribution is -2.09. The number of hydrogen-bond acceptors (Lipinski definition) is 0. The zero-order valence-corrected chi connectivity index (χ0v) is 10.7. The van der Waals surface area contributed by atoms with E-state index in [1.807, 2.05) is 12.1 Å². The van der Waals surface area contributed by atoms with E-state index in [1.54, 1.807) is 0 Å². The van der Waals surface area contributed by atoms with Gasteiger partial charge in [-0.05, 0) is 41.9 Å². The van der Waals surface area contributed by atoms with Gasteiger partial charge in [0.25, 0.3) is 0 Å². The molecule has 1 fully saturated rings. The average molecular weight is 271 g/mol. The second kappa shape index (κ2) is 3.89. The number of hydrogen-bond donors (Lipinski definition) is 0. The summed E-state index contributed by atoms with van der Waals surface area (Å²) < 4.78 is 12.7. The fourth-order valence-corrected chi connectivity index (χ4v) is 3.39. The fraction of sp³-hybridized carbons (Fsp3) is 0.538. The van der Waals surface area contributed by atoms with Crippen molar-refractivity contribution in [1.82, 2.24) is 0 Å². The second-order valence-corrected chi connectivity index (χ2v) is 6.32. The molecule has 15 heavy (non-hydrogen) atoms. The average Bonchev–Trinajstić information content (AvgIpc) is 2.79. The Morgan fingerprint density at radius 3 is 2.40 bits per heavy atom. The van der Waals surface area contributed by atoms with Crippen LogP contribution in [0.1, 0.15) is 25.8 Å². The van der Waals surface area contributed by atoms with Gasteiger partial charge < -0.3 is 0 Å². The van der Waals surface area contributed by atoms with Crippen LogP contribution in [0.2, 0.25) is 0 Å². The van der Waals surface area contributed by atoms with E-state index >= 15 is 0 Å². The first-order valence-corrected chi connectivity index (χ1v) is 6.29. The quantitative estimate of drug-likeness (QED) is 0.723. The number of alkyl halides is 1. The maximum Gasteiger partial charge on any atom is 0.123 e. The molecule has 1 aliphatic rings. The van der Waals surface area contributed by atoms with Crippen molar-refractivity contribution in [2.45, 2.75) is 31.5 Å². The van der Waals surface area contributed by atoms with Crippen LogP contribution in [0.3, 0.4) is 0 Å². The van der Waals surface area contributed by atoms with Gasteiger partial charge in [-0.25, -0.2) is 4.39 Å². The molecule has 0 bridgehead atoms. The Hall–Kier alpha value is -0.370. The van der Waals surface area contributed by atoms with E-state index in [-0.39, 0.29) is 5.82 Å². The largest absolute Gasteiger partial charge is 0.207 e. The van der Waals surface area contributed by atoms with Crippen LogP contribution < -0.4 is 0 Å². The molecule has 1 aromatic rings. The molecule has 0 spiro atoms. The number of rotatable bonds is 3. The molecule has 0 N–H and O–H groups in total. The van der Waals surface area contributed by atoms with Crippen molar-refractivity contribution >= 4 is 15.9 Å². The first-order chi connectivity index (χ1) is 6.99. The molecule has 0 heterocycles. The van der Waals surface area contributed by atoms with E-state index in [1.165, 1.54) is 24.1 Å². The van der Waals surface area contributed by atoms with Crippen molar-refractivity contribution in [3.05, 3.63) is 35.6 Å². The summed E-state index contributed by atoms with van der Waals surface area (Å²) in [6, 6.07) is 6.82. The highest BCUT2D eigenvalue weighted by atomic mass is 79.9. The summed E-state index contributed by atoms with van der Waals surface area (Å²) in [5, 5.41) is 0. The summed E-state index contributed by atoms with van der Waals surface area (Å²) in [6.45, 7) is 4.60. The molecular formula is C13H16BrF. The SMILES string of the molecule is CC1(C)CC1C(Br)Cc1ccc(F)cc1. The van der Waals surface area contributed by atoms with Crippen LogP contribution in [0.4, 0.5) is 4.39 Å². The third-order valence-corrected chi connectivity index (χ3v) is 4.33. The van der Waals surface area contributed by atoms with Gasteiger partial charge in [-0.2, -0.15) is 0 Å². The van der Waals surface area contributed by atoms with Crippen LogP contribution in [0, 0.1) is 17.2 Å².